The van der Waals surface area contributed by atoms with Crippen LogP contribution in [-0.4, -0.2) is 54.1 Å². The maximum Gasteiger partial charge on any atom is 0.345 e. The smallest absolute Gasteiger partial charge is 0.345 e. The molecule has 0 amide bonds. The van der Waals surface area contributed by atoms with Crippen LogP contribution in [0.1, 0.15) is 6.92 Å². The Kier molecular flexibility index (Phi) is 6.60. The number of methoxy groups -OCH3 is 1. The Morgan fingerprint density at radius 2 is 1.97 bits per heavy atom. The normalized spacial score (nSPS) is 13.6. The summed E-state index contributed by atoms with van der Waals surface area (Å²) in [6, 6.07) is 8.64. The third-order valence-corrected chi connectivity index (χ3v) is 6.37. The second kappa shape index (κ2) is 9.07. The molecule has 176 valence electrons. The summed E-state index contributed by atoms with van der Waals surface area (Å²) in [4.78, 5) is 27.0. The molecule has 0 fully saturated rings. The van der Waals surface area contributed by atoms with Crippen molar-refractivity contribution >= 4 is 38.4 Å². The predicted molar refractivity (Wildman–Crippen MR) is 111 cm³/mol. The Morgan fingerprint density at radius 1 is 1.30 bits per heavy atom. The fourth-order valence-corrected chi connectivity index (χ4v) is 4.42. The van der Waals surface area contributed by atoms with Crippen LogP contribution in [0.4, 0.5) is 20.2 Å². The summed E-state index contributed by atoms with van der Waals surface area (Å²) in [6.45, 7) is -2.98. The average molecular weight is 484 g/mol. The first kappa shape index (κ1) is 24.0. The highest BCUT2D eigenvalue weighted by Gasteiger charge is 2.39. The molecular formula is C19H18F2N4O7S. The van der Waals surface area contributed by atoms with Crippen LogP contribution >= 0.6 is 0 Å². The highest BCUT2D eigenvalue weighted by molar-refractivity contribution is 7.90. The van der Waals surface area contributed by atoms with Crippen LogP contribution in [0, 0.1) is 10.1 Å². The number of nitrogens with one attached hydrogen (secondary N) is 1. The summed E-state index contributed by atoms with van der Waals surface area (Å²) in [5.41, 5.74) is -3.11. The van der Waals surface area contributed by atoms with Crippen molar-refractivity contribution in [1.82, 2.24) is 8.96 Å². The van der Waals surface area contributed by atoms with Gasteiger partial charge in [-0.15, -0.1) is 0 Å². The molecular weight excluding hydrogens is 466 g/mol. The monoisotopic (exact) mass is 484 g/mol. The number of ether oxygens (including phenoxy) is 2. The van der Waals surface area contributed by atoms with Crippen molar-refractivity contribution in [3.8, 4) is 0 Å². The van der Waals surface area contributed by atoms with Crippen LogP contribution < -0.4 is 5.32 Å². The highest BCUT2D eigenvalue weighted by atomic mass is 32.2. The molecule has 1 N–H and O–H groups in total. The lowest BCUT2D eigenvalue weighted by Gasteiger charge is -2.28. The molecule has 0 saturated heterocycles. The van der Waals surface area contributed by atoms with E-state index < -0.39 is 45.4 Å². The number of halogens is 2. The van der Waals surface area contributed by atoms with E-state index in [0.717, 1.165) is 30.4 Å². The van der Waals surface area contributed by atoms with E-state index in [0.29, 0.717) is 0 Å². The summed E-state index contributed by atoms with van der Waals surface area (Å²) in [5, 5.41) is 14.1. The van der Waals surface area contributed by atoms with Crippen molar-refractivity contribution in [2.45, 2.75) is 24.0 Å². The first-order chi connectivity index (χ1) is 15.5. The number of hydrogen-bond donors (Lipinski definition) is 1. The number of pyridine rings is 1. The van der Waals surface area contributed by atoms with E-state index in [4.69, 9.17) is 0 Å². The van der Waals surface area contributed by atoms with Crippen molar-refractivity contribution in [1.29, 1.82) is 0 Å². The Morgan fingerprint density at radius 3 is 2.55 bits per heavy atom. The molecule has 33 heavy (non-hydrogen) atoms. The van der Waals surface area contributed by atoms with Gasteiger partial charge in [0.25, 0.3) is 10.0 Å². The van der Waals surface area contributed by atoms with Gasteiger partial charge in [0.05, 0.1) is 28.9 Å². The largest absolute Gasteiger partial charge is 0.467 e. The number of hydrogen-bond acceptors (Lipinski definition) is 9. The zero-order valence-electron chi connectivity index (χ0n) is 17.3. The number of fused-ring (bicyclic) bond motifs is 1. The number of anilines is 1. The Bertz CT molecular complexity index is 1300. The third kappa shape index (κ3) is 4.61. The molecule has 0 unspecified atom stereocenters. The van der Waals surface area contributed by atoms with E-state index in [1.54, 1.807) is 6.07 Å². The van der Waals surface area contributed by atoms with Crippen LogP contribution in [0.25, 0.3) is 11.0 Å². The first-order valence-electron chi connectivity index (χ1n) is 9.22. The second-order valence-electron chi connectivity index (χ2n) is 6.96. The molecule has 0 radical (unpaired) electrons. The van der Waals surface area contributed by atoms with Gasteiger partial charge < -0.3 is 14.8 Å². The lowest BCUT2D eigenvalue weighted by atomic mass is 10.0. The minimum Gasteiger partial charge on any atom is -0.467 e. The fraction of sp³-hybridized carbons (Fsp3) is 0.263. The molecule has 0 spiro atoms. The van der Waals surface area contributed by atoms with E-state index in [2.05, 4.69) is 19.8 Å². The van der Waals surface area contributed by atoms with E-state index in [-0.39, 0.29) is 21.6 Å². The SMILES string of the molecule is COC(=O)[C@](C)(COC(F)F)Nc1c([N+](=O)[O-])cnc2c1ccn2S(=O)(=O)c1ccccc1. The van der Waals surface area contributed by atoms with Gasteiger partial charge in [-0.25, -0.2) is 22.2 Å². The topological polar surface area (TPSA) is 143 Å². The molecule has 11 nitrogen and oxygen atoms in total. The Balaban J connectivity index is 2.19. The lowest BCUT2D eigenvalue weighted by molar-refractivity contribution is -0.384. The molecule has 0 aliphatic rings. The minimum atomic E-state index is -4.12. The van der Waals surface area contributed by atoms with Gasteiger partial charge in [-0.1, -0.05) is 18.2 Å². The lowest BCUT2D eigenvalue weighted by Crippen LogP contribution is -2.49. The molecule has 3 rings (SSSR count). The van der Waals surface area contributed by atoms with Gasteiger partial charge in [0, 0.05) is 6.20 Å². The van der Waals surface area contributed by atoms with Crippen molar-refractivity contribution < 1.29 is 36.4 Å². The van der Waals surface area contributed by atoms with Crippen LogP contribution in [0.3, 0.4) is 0 Å². The third-order valence-electron chi connectivity index (χ3n) is 4.69. The molecule has 3 aromatic rings. The maximum atomic E-state index is 13.0. The Labute approximate surface area is 186 Å². The standard InChI is InChI=1S/C19H18F2N4O7S/c1-19(17(26)31-2,11-32-18(20)21)23-15-13-8-9-24(16(13)22-10-14(15)25(27)28)33(29,30)12-6-4-3-5-7-12/h3-10,18H,11H2,1-2H3,(H,22,23)/t19-/m0/s1. The number of alkyl halides is 2. The molecule has 1 atom stereocenters. The van der Waals surface area contributed by atoms with E-state index in [1.807, 2.05) is 0 Å². The van der Waals surface area contributed by atoms with Crippen LogP contribution in [-0.2, 0) is 24.3 Å². The van der Waals surface area contributed by atoms with Gasteiger partial charge in [-0.05, 0) is 25.1 Å². The molecule has 0 aliphatic heterocycles. The van der Waals surface area contributed by atoms with E-state index in [1.165, 1.54) is 30.3 Å². The zero-order valence-corrected chi connectivity index (χ0v) is 18.1. The molecule has 0 saturated carbocycles. The number of benzene rings is 1. The summed E-state index contributed by atoms with van der Waals surface area (Å²) in [6.07, 6.45) is 1.94. The van der Waals surface area contributed by atoms with Crippen molar-refractivity contribution in [3.05, 3.63) is 58.9 Å². The number of carbonyl (C=O) groups excluding carboxylic acids is 1. The summed E-state index contributed by atoms with van der Waals surface area (Å²) >= 11 is 0. The molecule has 0 aliphatic carbocycles. The van der Waals surface area contributed by atoms with Gasteiger partial charge in [-0.2, -0.15) is 8.78 Å². The predicted octanol–water partition coefficient (Wildman–Crippen LogP) is 2.76. The van der Waals surface area contributed by atoms with Crippen molar-refractivity contribution in [3.63, 3.8) is 0 Å². The summed E-state index contributed by atoms with van der Waals surface area (Å²) < 4.78 is 61.1. The summed E-state index contributed by atoms with van der Waals surface area (Å²) in [7, 11) is -3.11. The maximum absolute atomic E-state index is 13.0. The van der Waals surface area contributed by atoms with Gasteiger partial charge in [0.1, 0.15) is 11.9 Å². The first-order valence-corrected chi connectivity index (χ1v) is 10.7. The quantitative estimate of drug-likeness (QED) is 0.275. The van der Waals surface area contributed by atoms with E-state index in [9.17, 15) is 32.1 Å². The Hall–Kier alpha value is -3.65. The molecule has 1 aromatic carbocycles. The zero-order chi connectivity index (χ0) is 24.4. The molecule has 2 heterocycles. The highest BCUT2D eigenvalue weighted by Crippen LogP contribution is 2.36. The van der Waals surface area contributed by atoms with E-state index >= 15 is 0 Å². The van der Waals surface area contributed by atoms with Gasteiger partial charge in [-0.3, -0.25) is 10.1 Å². The number of nitrogens with zero attached hydrogens (tertiary/aromatic N) is 3. The number of nitro groups is 1. The van der Waals surface area contributed by atoms with Crippen molar-refractivity contribution in [2.75, 3.05) is 19.0 Å². The fourth-order valence-electron chi connectivity index (χ4n) is 3.10. The molecule has 0 bridgehead atoms. The number of carbonyl (C=O) groups is 1. The van der Waals surface area contributed by atoms with Gasteiger partial charge >= 0.3 is 18.3 Å². The number of rotatable bonds is 9. The van der Waals surface area contributed by atoms with Crippen LogP contribution in [0.2, 0.25) is 0 Å². The van der Waals surface area contributed by atoms with Crippen LogP contribution in [0.5, 0.6) is 0 Å². The molecule has 14 heteroatoms. The minimum absolute atomic E-state index is 0.0455. The number of aromatic nitrogens is 2. The van der Waals surface area contributed by atoms with Gasteiger partial charge in [0.2, 0.25) is 0 Å². The van der Waals surface area contributed by atoms with Gasteiger partial charge in [0.15, 0.2) is 11.2 Å². The average Bonchev–Trinajstić information content (AvgIpc) is 3.23. The second-order valence-corrected chi connectivity index (χ2v) is 8.78. The number of esters is 1. The van der Waals surface area contributed by atoms with Crippen LogP contribution in [0.15, 0.2) is 53.7 Å². The summed E-state index contributed by atoms with van der Waals surface area (Å²) in [5.74, 6) is -1.04. The molecule has 2 aromatic heterocycles. The van der Waals surface area contributed by atoms with Crippen molar-refractivity contribution in [2.24, 2.45) is 0 Å².